The van der Waals surface area contributed by atoms with E-state index in [0.717, 1.165) is 30.8 Å². The molecule has 1 aromatic rings. The number of ether oxygens (including phenoxy) is 1. The van der Waals surface area contributed by atoms with Gasteiger partial charge in [0, 0.05) is 19.0 Å². The number of benzene rings is 1. The van der Waals surface area contributed by atoms with Crippen LogP contribution in [0.2, 0.25) is 0 Å². The fourth-order valence-electron chi connectivity index (χ4n) is 3.97. The van der Waals surface area contributed by atoms with Crippen molar-refractivity contribution in [3.05, 3.63) is 29.8 Å². The number of urea groups is 1. The largest absolute Gasteiger partial charge is 0.497 e. The fourth-order valence-corrected chi connectivity index (χ4v) is 3.97. The lowest BCUT2D eigenvalue weighted by Gasteiger charge is -2.22. The van der Waals surface area contributed by atoms with Gasteiger partial charge >= 0.3 is 6.03 Å². The lowest BCUT2D eigenvalue weighted by Crippen LogP contribution is -2.40. The molecule has 2 aliphatic rings. The van der Waals surface area contributed by atoms with Gasteiger partial charge in [-0.2, -0.15) is 0 Å². The number of hydrogen-bond donors (Lipinski definition) is 2. The Kier molecular flexibility index (Phi) is 7.09. The first-order valence-electron chi connectivity index (χ1n) is 10.3. The van der Waals surface area contributed by atoms with E-state index in [1.165, 1.54) is 11.3 Å². The van der Waals surface area contributed by atoms with E-state index < -0.39 is 12.1 Å². The van der Waals surface area contributed by atoms with Crippen LogP contribution in [0.5, 0.6) is 5.75 Å². The molecule has 2 fully saturated rings. The van der Waals surface area contributed by atoms with Crippen molar-refractivity contribution in [1.29, 1.82) is 0 Å². The minimum atomic E-state index is -0.648. The van der Waals surface area contributed by atoms with Crippen molar-refractivity contribution in [3.8, 4) is 5.75 Å². The summed E-state index contributed by atoms with van der Waals surface area (Å²) in [6.07, 6.45) is 2.79. The van der Waals surface area contributed by atoms with Crippen LogP contribution in [0.25, 0.3) is 0 Å². The summed E-state index contributed by atoms with van der Waals surface area (Å²) in [6, 6.07) is 6.56. The molecule has 158 valence electrons. The highest BCUT2D eigenvalue weighted by Gasteiger charge is 2.37. The van der Waals surface area contributed by atoms with Crippen LogP contribution < -0.4 is 15.4 Å². The number of amides is 4. The molecule has 2 N–H and O–H groups in total. The van der Waals surface area contributed by atoms with Crippen molar-refractivity contribution in [2.24, 2.45) is 0 Å². The van der Waals surface area contributed by atoms with E-state index in [2.05, 4.69) is 22.5 Å². The molecular formula is C21H30N4O4. The predicted octanol–water partition coefficient (Wildman–Crippen LogP) is 1.50. The van der Waals surface area contributed by atoms with E-state index >= 15 is 0 Å². The average Bonchev–Trinajstić information content (AvgIpc) is 3.30. The third kappa shape index (κ3) is 5.26. The summed E-state index contributed by atoms with van der Waals surface area (Å²) in [5.74, 6) is 0.352. The van der Waals surface area contributed by atoms with Crippen LogP contribution in [-0.4, -0.2) is 66.5 Å². The SMILES string of the molecule is CCN1CCCC1CNC(=O)CC[C@@H]1NC(=O)N(Cc2ccc(OC)cc2)C1=O. The first-order chi connectivity index (χ1) is 14.0. The zero-order valence-electron chi connectivity index (χ0n) is 17.1. The monoisotopic (exact) mass is 402 g/mol. The Balaban J connectivity index is 1.44. The number of likely N-dealkylation sites (N-methyl/N-ethyl adjacent to an activating group) is 1. The van der Waals surface area contributed by atoms with Gasteiger partial charge in [0.2, 0.25) is 5.91 Å². The Morgan fingerprint density at radius 1 is 1.28 bits per heavy atom. The second-order valence-corrected chi connectivity index (χ2v) is 7.54. The summed E-state index contributed by atoms with van der Waals surface area (Å²) >= 11 is 0. The summed E-state index contributed by atoms with van der Waals surface area (Å²) in [5.41, 5.74) is 0.838. The average molecular weight is 402 g/mol. The molecule has 3 rings (SSSR count). The van der Waals surface area contributed by atoms with Gasteiger partial charge in [-0.3, -0.25) is 19.4 Å². The Hall–Kier alpha value is -2.61. The minimum Gasteiger partial charge on any atom is -0.497 e. The summed E-state index contributed by atoms with van der Waals surface area (Å²) in [6.45, 7) is 5.05. The summed E-state index contributed by atoms with van der Waals surface area (Å²) < 4.78 is 5.12. The molecule has 0 saturated carbocycles. The lowest BCUT2D eigenvalue weighted by atomic mass is 10.1. The molecule has 2 aliphatic heterocycles. The van der Waals surface area contributed by atoms with Gasteiger partial charge in [-0.05, 0) is 50.0 Å². The fraction of sp³-hybridized carbons (Fsp3) is 0.571. The van der Waals surface area contributed by atoms with Crippen LogP contribution in [0.15, 0.2) is 24.3 Å². The number of carbonyl (C=O) groups is 3. The highest BCUT2D eigenvalue weighted by Crippen LogP contribution is 2.18. The van der Waals surface area contributed by atoms with E-state index in [9.17, 15) is 14.4 Å². The van der Waals surface area contributed by atoms with Gasteiger partial charge < -0.3 is 15.4 Å². The van der Waals surface area contributed by atoms with E-state index in [1.54, 1.807) is 19.2 Å². The van der Waals surface area contributed by atoms with Gasteiger partial charge in [-0.15, -0.1) is 0 Å². The number of carbonyl (C=O) groups excluding carboxylic acids is 3. The van der Waals surface area contributed by atoms with Crippen LogP contribution in [0, 0.1) is 0 Å². The topological polar surface area (TPSA) is 91.0 Å². The van der Waals surface area contributed by atoms with Crippen LogP contribution in [0.1, 0.15) is 38.2 Å². The molecular weight excluding hydrogens is 372 g/mol. The molecule has 8 heteroatoms. The van der Waals surface area contributed by atoms with Gasteiger partial charge in [-0.25, -0.2) is 4.79 Å². The van der Waals surface area contributed by atoms with Gasteiger partial charge in [0.1, 0.15) is 11.8 Å². The highest BCUT2D eigenvalue weighted by atomic mass is 16.5. The highest BCUT2D eigenvalue weighted by molar-refractivity contribution is 6.04. The number of imide groups is 1. The molecule has 29 heavy (non-hydrogen) atoms. The smallest absolute Gasteiger partial charge is 0.325 e. The zero-order valence-corrected chi connectivity index (χ0v) is 17.1. The number of nitrogens with one attached hydrogen (secondary N) is 2. The lowest BCUT2D eigenvalue weighted by molar-refractivity contribution is -0.128. The first-order valence-corrected chi connectivity index (χ1v) is 10.3. The van der Waals surface area contributed by atoms with Crippen molar-refractivity contribution in [3.63, 3.8) is 0 Å². The number of methoxy groups -OCH3 is 1. The molecule has 0 bridgehead atoms. The molecule has 0 aromatic heterocycles. The Morgan fingerprint density at radius 2 is 2.03 bits per heavy atom. The summed E-state index contributed by atoms with van der Waals surface area (Å²) in [4.78, 5) is 40.5. The normalized spacial score (nSPS) is 22.1. The third-order valence-electron chi connectivity index (χ3n) is 5.71. The first kappa shape index (κ1) is 21.1. The maximum atomic E-state index is 12.6. The molecule has 0 aliphatic carbocycles. The van der Waals surface area contributed by atoms with Gasteiger partial charge in [0.15, 0.2) is 0 Å². The maximum absolute atomic E-state index is 12.6. The molecule has 2 heterocycles. The number of rotatable bonds is 9. The van der Waals surface area contributed by atoms with Crippen LogP contribution in [0.3, 0.4) is 0 Å². The molecule has 1 unspecified atom stereocenters. The van der Waals surface area contributed by atoms with Gasteiger partial charge in [0.05, 0.1) is 13.7 Å². The number of likely N-dealkylation sites (tertiary alicyclic amines) is 1. The van der Waals surface area contributed by atoms with Crippen molar-refractivity contribution >= 4 is 17.8 Å². The van der Waals surface area contributed by atoms with E-state index in [4.69, 9.17) is 4.74 Å². The van der Waals surface area contributed by atoms with E-state index in [0.29, 0.717) is 19.0 Å². The molecule has 0 spiro atoms. The molecule has 1 aromatic carbocycles. The van der Waals surface area contributed by atoms with E-state index in [-0.39, 0.29) is 24.8 Å². The second kappa shape index (κ2) is 9.73. The molecule has 8 nitrogen and oxygen atoms in total. The van der Waals surface area contributed by atoms with Crippen LogP contribution >= 0.6 is 0 Å². The van der Waals surface area contributed by atoms with Crippen molar-refractivity contribution in [1.82, 2.24) is 20.4 Å². The van der Waals surface area contributed by atoms with Crippen molar-refractivity contribution in [2.75, 3.05) is 26.7 Å². The van der Waals surface area contributed by atoms with Crippen molar-refractivity contribution in [2.45, 2.75) is 51.2 Å². The molecule has 0 radical (unpaired) electrons. The number of nitrogens with zero attached hydrogens (tertiary/aromatic N) is 2. The van der Waals surface area contributed by atoms with Gasteiger partial charge in [0.25, 0.3) is 5.91 Å². The Morgan fingerprint density at radius 3 is 2.72 bits per heavy atom. The molecule has 2 atom stereocenters. The Labute approximate surface area is 171 Å². The molecule has 4 amide bonds. The van der Waals surface area contributed by atoms with E-state index in [1.807, 2.05) is 12.1 Å². The summed E-state index contributed by atoms with van der Waals surface area (Å²) in [7, 11) is 1.58. The summed E-state index contributed by atoms with van der Waals surface area (Å²) in [5, 5.41) is 5.66. The van der Waals surface area contributed by atoms with Gasteiger partial charge in [-0.1, -0.05) is 19.1 Å². The predicted molar refractivity (Wildman–Crippen MR) is 108 cm³/mol. The second-order valence-electron chi connectivity index (χ2n) is 7.54. The van der Waals surface area contributed by atoms with Crippen LogP contribution in [-0.2, 0) is 16.1 Å². The maximum Gasteiger partial charge on any atom is 0.325 e. The zero-order chi connectivity index (χ0) is 20.8. The minimum absolute atomic E-state index is 0.0800. The molecule has 2 saturated heterocycles. The quantitative estimate of drug-likeness (QED) is 0.611. The third-order valence-corrected chi connectivity index (χ3v) is 5.71. The Bertz CT molecular complexity index is 737. The number of hydrogen-bond acceptors (Lipinski definition) is 5. The van der Waals surface area contributed by atoms with Crippen LogP contribution in [0.4, 0.5) is 4.79 Å². The standard InChI is InChI=1S/C21H30N4O4/c1-3-24-12-4-5-16(24)13-22-19(26)11-10-18-20(27)25(21(28)23-18)14-15-6-8-17(29-2)9-7-15/h6-9,16,18H,3-5,10-14H2,1-2H3,(H,22,26)(H,23,28)/t16?,18-/m0/s1. The van der Waals surface area contributed by atoms with Crippen molar-refractivity contribution < 1.29 is 19.1 Å².